The van der Waals surface area contributed by atoms with Crippen LogP contribution in [0.2, 0.25) is 0 Å². The van der Waals surface area contributed by atoms with Gasteiger partial charge in [-0.25, -0.2) is 0 Å². The van der Waals surface area contributed by atoms with Gasteiger partial charge >= 0.3 is 0 Å². The minimum Gasteiger partial charge on any atom is -0.408 e. The van der Waals surface area contributed by atoms with E-state index in [1.165, 1.54) is 0 Å². The molecule has 0 aromatic carbocycles. The molecular formula is C6H15N3O. The average molecular weight is 145 g/mol. The van der Waals surface area contributed by atoms with Gasteiger partial charge < -0.3 is 15.8 Å². The first-order chi connectivity index (χ1) is 4.76. The molecule has 0 aliphatic heterocycles. The van der Waals surface area contributed by atoms with Crippen LogP contribution in [0, 0.1) is 0 Å². The second-order valence-corrected chi connectivity index (χ2v) is 2.04. The van der Waals surface area contributed by atoms with Crippen LogP contribution in [0.4, 0.5) is 0 Å². The molecule has 60 valence electrons. The third-order valence-corrected chi connectivity index (χ3v) is 1.30. The van der Waals surface area contributed by atoms with E-state index in [2.05, 4.69) is 5.16 Å². The van der Waals surface area contributed by atoms with Crippen molar-refractivity contribution < 1.29 is 5.21 Å². The molecule has 4 nitrogen and oxygen atoms in total. The van der Waals surface area contributed by atoms with Crippen molar-refractivity contribution in [3.63, 3.8) is 0 Å². The largest absolute Gasteiger partial charge is 0.408 e. The molecule has 10 heavy (non-hydrogen) atoms. The van der Waals surface area contributed by atoms with Crippen LogP contribution >= 0.6 is 0 Å². The maximum absolute atomic E-state index is 8.28. The van der Waals surface area contributed by atoms with Gasteiger partial charge in [0.05, 0.1) is 0 Å². The van der Waals surface area contributed by atoms with Crippen molar-refractivity contribution in [3.8, 4) is 0 Å². The lowest BCUT2D eigenvalue weighted by Gasteiger charge is -2.18. The highest BCUT2D eigenvalue weighted by Gasteiger charge is 2.02. The number of nitrogens with two attached hydrogens (primary N) is 1. The first kappa shape index (κ1) is 9.07. The lowest BCUT2D eigenvalue weighted by Crippen LogP contribution is -2.37. The topological polar surface area (TPSA) is 61.8 Å². The molecule has 0 saturated carbocycles. The minimum atomic E-state index is 0.198. The van der Waals surface area contributed by atoms with Crippen LogP contribution in [0.1, 0.15) is 20.3 Å². The summed E-state index contributed by atoms with van der Waals surface area (Å²) < 4.78 is 0. The number of oxime groups is 1. The van der Waals surface area contributed by atoms with Gasteiger partial charge in [-0.2, -0.15) is 0 Å². The van der Waals surface area contributed by atoms with Crippen LogP contribution in [0.25, 0.3) is 0 Å². The Hall–Kier alpha value is -0.930. The highest BCUT2D eigenvalue weighted by Crippen LogP contribution is 1.88. The molecule has 0 aromatic rings. The highest BCUT2D eigenvalue weighted by atomic mass is 16.4. The van der Waals surface area contributed by atoms with Gasteiger partial charge in [0.1, 0.15) is 0 Å². The smallest absolute Gasteiger partial charge is 0.233 e. The SMILES string of the molecule is CCCN(CC)C(N)=NO. The van der Waals surface area contributed by atoms with Crippen molar-refractivity contribution in [1.82, 2.24) is 4.90 Å². The summed E-state index contributed by atoms with van der Waals surface area (Å²) in [5.74, 6) is 0.198. The van der Waals surface area contributed by atoms with Crippen LogP contribution in [0.5, 0.6) is 0 Å². The van der Waals surface area contributed by atoms with E-state index in [1.54, 1.807) is 4.90 Å². The van der Waals surface area contributed by atoms with Crippen LogP contribution in [0.3, 0.4) is 0 Å². The van der Waals surface area contributed by atoms with Gasteiger partial charge in [-0.15, -0.1) is 0 Å². The van der Waals surface area contributed by atoms with Crippen LogP contribution in [0.15, 0.2) is 5.16 Å². The summed E-state index contributed by atoms with van der Waals surface area (Å²) in [6, 6.07) is 0. The van der Waals surface area contributed by atoms with Crippen molar-refractivity contribution in [3.05, 3.63) is 0 Å². The predicted octanol–water partition coefficient (Wildman–Crippen LogP) is 0.422. The second-order valence-electron chi connectivity index (χ2n) is 2.04. The van der Waals surface area contributed by atoms with Gasteiger partial charge in [0.15, 0.2) is 0 Å². The summed E-state index contributed by atoms with van der Waals surface area (Å²) in [6.45, 7) is 5.64. The normalized spacial score (nSPS) is 11.6. The fourth-order valence-corrected chi connectivity index (χ4v) is 0.768. The number of rotatable bonds is 3. The molecular weight excluding hydrogens is 130 g/mol. The van der Waals surface area contributed by atoms with E-state index >= 15 is 0 Å². The molecule has 0 saturated heterocycles. The molecule has 0 aliphatic carbocycles. The van der Waals surface area contributed by atoms with E-state index in [0.717, 1.165) is 19.5 Å². The van der Waals surface area contributed by atoms with E-state index in [0.29, 0.717) is 0 Å². The summed E-state index contributed by atoms with van der Waals surface area (Å²) in [4.78, 5) is 1.81. The molecule has 4 heteroatoms. The number of hydrogen-bond donors (Lipinski definition) is 2. The lowest BCUT2D eigenvalue weighted by atomic mass is 10.4. The molecule has 0 rings (SSSR count). The van der Waals surface area contributed by atoms with Crippen molar-refractivity contribution >= 4 is 5.96 Å². The predicted molar refractivity (Wildman–Crippen MR) is 40.9 cm³/mol. The summed E-state index contributed by atoms with van der Waals surface area (Å²) in [5, 5.41) is 11.2. The zero-order chi connectivity index (χ0) is 7.98. The zero-order valence-corrected chi connectivity index (χ0v) is 6.54. The Kier molecular flexibility index (Phi) is 4.45. The molecule has 0 fully saturated rings. The molecule has 0 spiro atoms. The van der Waals surface area contributed by atoms with Crippen molar-refractivity contribution in [2.24, 2.45) is 10.9 Å². The Bertz CT molecular complexity index is 114. The second kappa shape index (κ2) is 4.90. The quantitative estimate of drug-likeness (QED) is 0.262. The van der Waals surface area contributed by atoms with Gasteiger partial charge in [-0.1, -0.05) is 12.1 Å². The number of nitrogens with zero attached hydrogens (tertiary/aromatic N) is 2. The first-order valence-electron chi connectivity index (χ1n) is 3.48. The summed E-state index contributed by atoms with van der Waals surface area (Å²) in [7, 11) is 0. The van der Waals surface area contributed by atoms with Gasteiger partial charge in [-0.05, 0) is 13.3 Å². The number of hydrogen-bond acceptors (Lipinski definition) is 2. The monoisotopic (exact) mass is 145 g/mol. The van der Waals surface area contributed by atoms with Gasteiger partial charge in [-0.3, -0.25) is 0 Å². The minimum absolute atomic E-state index is 0.198. The van der Waals surface area contributed by atoms with E-state index in [4.69, 9.17) is 10.9 Å². The molecule has 0 aliphatic rings. The average Bonchev–Trinajstić information content (AvgIpc) is 1.99. The lowest BCUT2D eigenvalue weighted by molar-refractivity contribution is 0.299. The first-order valence-corrected chi connectivity index (χ1v) is 3.48. The van der Waals surface area contributed by atoms with Gasteiger partial charge in [0, 0.05) is 13.1 Å². The maximum atomic E-state index is 8.28. The van der Waals surface area contributed by atoms with E-state index < -0.39 is 0 Å². The summed E-state index contributed by atoms with van der Waals surface area (Å²) in [5.41, 5.74) is 5.34. The molecule has 3 N–H and O–H groups in total. The molecule has 0 unspecified atom stereocenters. The van der Waals surface area contributed by atoms with Crippen LogP contribution in [-0.4, -0.2) is 29.2 Å². The van der Waals surface area contributed by atoms with Crippen LogP contribution < -0.4 is 5.73 Å². The zero-order valence-electron chi connectivity index (χ0n) is 6.54. The van der Waals surface area contributed by atoms with Crippen molar-refractivity contribution in [2.75, 3.05) is 13.1 Å². The molecule has 0 atom stereocenters. The van der Waals surface area contributed by atoms with Crippen molar-refractivity contribution in [2.45, 2.75) is 20.3 Å². The van der Waals surface area contributed by atoms with Gasteiger partial charge in [0.25, 0.3) is 0 Å². The van der Waals surface area contributed by atoms with E-state index in [-0.39, 0.29) is 5.96 Å². The van der Waals surface area contributed by atoms with E-state index in [1.807, 2.05) is 13.8 Å². The molecule has 0 radical (unpaired) electrons. The summed E-state index contributed by atoms with van der Waals surface area (Å²) in [6.07, 6.45) is 1.00. The Labute approximate surface area is 61.3 Å². The maximum Gasteiger partial charge on any atom is 0.233 e. The highest BCUT2D eigenvalue weighted by molar-refractivity contribution is 5.77. The third kappa shape index (κ3) is 2.57. The molecule has 0 heterocycles. The Balaban J connectivity index is 3.80. The van der Waals surface area contributed by atoms with Gasteiger partial charge in [0.2, 0.25) is 5.96 Å². The molecule has 0 aromatic heterocycles. The van der Waals surface area contributed by atoms with Crippen molar-refractivity contribution in [1.29, 1.82) is 0 Å². The molecule has 0 amide bonds. The number of guanidine groups is 1. The Morgan fingerprint density at radius 3 is 2.50 bits per heavy atom. The Morgan fingerprint density at radius 2 is 2.20 bits per heavy atom. The van der Waals surface area contributed by atoms with E-state index in [9.17, 15) is 0 Å². The Morgan fingerprint density at radius 1 is 1.60 bits per heavy atom. The van der Waals surface area contributed by atoms with Crippen LogP contribution in [-0.2, 0) is 0 Å². The molecule has 0 bridgehead atoms. The summed E-state index contributed by atoms with van der Waals surface area (Å²) >= 11 is 0. The standard InChI is InChI=1S/C6H15N3O/c1-3-5-9(4-2)6(7)8-10/h10H,3-5H2,1-2H3,(H2,7,8). The fourth-order valence-electron chi connectivity index (χ4n) is 0.768. The fraction of sp³-hybridized carbons (Fsp3) is 0.833. The third-order valence-electron chi connectivity index (χ3n) is 1.30.